The molecule has 1 aromatic carbocycles. The van der Waals surface area contributed by atoms with Gasteiger partial charge in [0, 0.05) is 35.0 Å². The van der Waals surface area contributed by atoms with Crippen LogP contribution in [-0.4, -0.2) is 21.8 Å². The van der Waals surface area contributed by atoms with E-state index in [1.54, 1.807) is 0 Å². The van der Waals surface area contributed by atoms with Gasteiger partial charge in [-0.2, -0.15) is 0 Å². The van der Waals surface area contributed by atoms with Gasteiger partial charge in [-0.15, -0.1) is 0 Å². The Kier molecular flexibility index (Phi) is 8.39. The van der Waals surface area contributed by atoms with Crippen molar-refractivity contribution < 1.29 is 14.7 Å². The van der Waals surface area contributed by atoms with Crippen LogP contribution in [-0.2, 0) is 11.2 Å². The predicted molar refractivity (Wildman–Crippen MR) is 106 cm³/mol. The zero-order chi connectivity index (χ0) is 18.8. The molecule has 2 aromatic rings. The summed E-state index contributed by atoms with van der Waals surface area (Å²) < 4.78 is 0. The van der Waals surface area contributed by atoms with Crippen LogP contribution in [0.15, 0.2) is 24.3 Å². The van der Waals surface area contributed by atoms with E-state index in [1.165, 1.54) is 32.1 Å². The third kappa shape index (κ3) is 6.01. The fourth-order valence-corrected chi connectivity index (χ4v) is 3.49. The topological polar surface area (TPSA) is 70.2 Å². The normalized spacial score (nSPS) is 11.1. The second-order valence-electron chi connectivity index (χ2n) is 7.07. The molecule has 0 unspecified atom stereocenters. The number of hydrogen-bond acceptors (Lipinski definition) is 2. The van der Waals surface area contributed by atoms with Crippen LogP contribution in [0, 0.1) is 0 Å². The van der Waals surface area contributed by atoms with E-state index in [9.17, 15) is 9.59 Å². The van der Waals surface area contributed by atoms with Crippen molar-refractivity contribution in [2.45, 2.75) is 77.6 Å². The number of nitrogens with one attached hydrogen (secondary N) is 1. The van der Waals surface area contributed by atoms with Gasteiger partial charge in [-0.25, -0.2) is 0 Å². The van der Waals surface area contributed by atoms with E-state index in [0.717, 1.165) is 35.0 Å². The summed E-state index contributed by atoms with van der Waals surface area (Å²) in [6, 6.07) is 7.84. The van der Waals surface area contributed by atoms with Gasteiger partial charge in [0.15, 0.2) is 5.78 Å². The van der Waals surface area contributed by atoms with Crippen molar-refractivity contribution in [3.63, 3.8) is 0 Å². The number of ketones is 1. The second-order valence-corrected chi connectivity index (χ2v) is 7.07. The number of carboxylic acid groups (broad SMARTS) is 1. The Morgan fingerprint density at radius 3 is 2.35 bits per heavy atom. The van der Waals surface area contributed by atoms with Crippen LogP contribution in [0.25, 0.3) is 10.9 Å². The SMILES string of the molecule is CCCCCCCCCC(=O)c1c(CCCC(=O)O)[nH]c2ccccc12. The lowest BCUT2D eigenvalue weighted by molar-refractivity contribution is -0.137. The van der Waals surface area contributed by atoms with Gasteiger partial charge in [-0.1, -0.05) is 63.6 Å². The molecular weight excluding hydrogens is 326 g/mol. The van der Waals surface area contributed by atoms with Crippen LogP contribution < -0.4 is 0 Å². The maximum absolute atomic E-state index is 12.8. The summed E-state index contributed by atoms with van der Waals surface area (Å²) in [6.07, 6.45) is 10.2. The Balaban J connectivity index is 1.96. The molecule has 1 heterocycles. The summed E-state index contributed by atoms with van der Waals surface area (Å²) in [6.45, 7) is 2.22. The van der Waals surface area contributed by atoms with Gasteiger partial charge in [-0.05, 0) is 25.3 Å². The van der Waals surface area contributed by atoms with E-state index in [-0.39, 0.29) is 12.2 Å². The summed E-state index contributed by atoms with van der Waals surface area (Å²) in [7, 11) is 0. The zero-order valence-electron chi connectivity index (χ0n) is 15.9. The van der Waals surface area contributed by atoms with Crippen LogP contribution in [0.1, 0.15) is 87.2 Å². The summed E-state index contributed by atoms with van der Waals surface area (Å²) in [4.78, 5) is 26.9. The molecule has 0 bridgehead atoms. The average Bonchev–Trinajstić information content (AvgIpc) is 2.98. The van der Waals surface area contributed by atoms with Crippen LogP contribution >= 0.6 is 0 Å². The molecule has 0 spiro atoms. The highest BCUT2D eigenvalue weighted by molar-refractivity contribution is 6.09. The number of unbranched alkanes of at least 4 members (excludes halogenated alkanes) is 6. The standard InChI is InChI=1S/C22H31NO3/c1-2-3-4-5-6-7-8-15-20(24)22-17-12-9-10-13-18(17)23-19(22)14-11-16-21(25)26/h9-10,12-13,23H,2-8,11,14-16H2,1H3,(H,25,26). The van der Waals surface area contributed by atoms with Gasteiger partial charge in [0.2, 0.25) is 0 Å². The number of aliphatic carboxylic acids is 1. The number of carbonyl (C=O) groups excluding carboxylic acids is 1. The molecule has 2 rings (SSSR count). The maximum atomic E-state index is 12.8. The van der Waals surface area contributed by atoms with Crippen molar-refractivity contribution in [1.82, 2.24) is 4.98 Å². The Morgan fingerprint density at radius 1 is 0.923 bits per heavy atom. The second kappa shape index (κ2) is 10.8. The molecule has 0 aliphatic heterocycles. The van der Waals surface area contributed by atoms with Crippen molar-refractivity contribution in [3.8, 4) is 0 Å². The van der Waals surface area contributed by atoms with Crippen LogP contribution in [0.5, 0.6) is 0 Å². The Morgan fingerprint density at radius 2 is 1.62 bits per heavy atom. The molecule has 4 heteroatoms. The minimum absolute atomic E-state index is 0.126. The molecule has 0 atom stereocenters. The van der Waals surface area contributed by atoms with Gasteiger partial charge in [0.1, 0.15) is 0 Å². The van der Waals surface area contributed by atoms with Crippen molar-refractivity contribution in [3.05, 3.63) is 35.5 Å². The molecular formula is C22H31NO3. The molecule has 0 fully saturated rings. The van der Waals surface area contributed by atoms with Gasteiger partial charge >= 0.3 is 5.97 Å². The molecule has 0 amide bonds. The molecule has 0 aliphatic carbocycles. The van der Waals surface area contributed by atoms with Crippen molar-refractivity contribution in [1.29, 1.82) is 0 Å². The fraction of sp³-hybridized carbons (Fsp3) is 0.545. The number of Topliss-reactive ketones (excluding diaryl/α,β-unsaturated/α-hetero) is 1. The molecule has 26 heavy (non-hydrogen) atoms. The van der Waals surface area contributed by atoms with Crippen molar-refractivity contribution in [2.75, 3.05) is 0 Å². The lowest BCUT2D eigenvalue weighted by atomic mass is 9.98. The number of fused-ring (bicyclic) bond motifs is 1. The van der Waals surface area contributed by atoms with E-state index >= 15 is 0 Å². The number of benzene rings is 1. The monoisotopic (exact) mass is 357 g/mol. The quantitative estimate of drug-likeness (QED) is 0.346. The molecule has 0 aliphatic rings. The lowest BCUT2D eigenvalue weighted by Gasteiger charge is -2.05. The largest absolute Gasteiger partial charge is 0.481 e. The van der Waals surface area contributed by atoms with E-state index in [0.29, 0.717) is 19.3 Å². The number of carbonyl (C=O) groups is 2. The first-order valence-corrected chi connectivity index (χ1v) is 9.98. The molecule has 0 radical (unpaired) electrons. The summed E-state index contributed by atoms with van der Waals surface area (Å²) in [5.41, 5.74) is 2.62. The first kappa shape index (κ1) is 20.2. The smallest absolute Gasteiger partial charge is 0.303 e. The van der Waals surface area contributed by atoms with Crippen molar-refractivity contribution >= 4 is 22.7 Å². The van der Waals surface area contributed by atoms with Gasteiger partial charge in [-0.3, -0.25) is 9.59 Å². The molecule has 2 N–H and O–H groups in total. The fourth-order valence-electron chi connectivity index (χ4n) is 3.49. The zero-order valence-corrected chi connectivity index (χ0v) is 15.9. The third-order valence-electron chi connectivity index (χ3n) is 4.89. The Hall–Kier alpha value is -2.10. The lowest BCUT2D eigenvalue weighted by Crippen LogP contribution is -2.04. The molecule has 4 nitrogen and oxygen atoms in total. The van der Waals surface area contributed by atoms with Gasteiger partial charge in [0.05, 0.1) is 0 Å². The Bertz CT molecular complexity index is 717. The molecule has 142 valence electrons. The number of H-pyrrole nitrogens is 1. The number of rotatable bonds is 13. The Labute approximate surface area is 156 Å². The third-order valence-corrected chi connectivity index (χ3v) is 4.89. The highest BCUT2D eigenvalue weighted by atomic mass is 16.4. The minimum Gasteiger partial charge on any atom is -0.481 e. The van der Waals surface area contributed by atoms with Gasteiger partial charge in [0.25, 0.3) is 0 Å². The number of aromatic amines is 1. The summed E-state index contributed by atoms with van der Waals surface area (Å²) >= 11 is 0. The highest BCUT2D eigenvalue weighted by Crippen LogP contribution is 2.26. The van der Waals surface area contributed by atoms with Crippen LogP contribution in [0.2, 0.25) is 0 Å². The van der Waals surface area contributed by atoms with E-state index in [2.05, 4.69) is 11.9 Å². The average molecular weight is 357 g/mol. The van der Waals surface area contributed by atoms with E-state index in [4.69, 9.17) is 5.11 Å². The molecule has 1 aromatic heterocycles. The number of carboxylic acids is 1. The summed E-state index contributed by atoms with van der Waals surface area (Å²) in [5.74, 6) is -0.613. The van der Waals surface area contributed by atoms with Crippen LogP contribution in [0.3, 0.4) is 0 Å². The maximum Gasteiger partial charge on any atom is 0.303 e. The van der Waals surface area contributed by atoms with Gasteiger partial charge < -0.3 is 10.1 Å². The van der Waals surface area contributed by atoms with Crippen molar-refractivity contribution in [2.24, 2.45) is 0 Å². The van der Waals surface area contributed by atoms with Crippen LogP contribution in [0.4, 0.5) is 0 Å². The molecule has 0 saturated heterocycles. The number of aromatic nitrogens is 1. The first-order valence-electron chi connectivity index (χ1n) is 9.98. The number of aryl methyl sites for hydroxylation is 1. The first-order chi connectivity index (χ1) is 12.6. The summed E-state index contributed by atoms with van der Waals surface area (Å²) in [5, 5.41) is 9.82. The predicted octanol–water partition coefficient (Wildman–Crippen LogP) is 5.90. The minimum atomic E-state index is -0.794. The van der Waals surface area contributed by atoms with E-state index < -0.39 is 5.97 Å². The highest BCUT2D eigenvalue weighted by Gasteiger charge is 2.17. The number of hydrogen-bond donors (Lipinski definition) is 2. The molecule has 0 saturated carbocycles. The van der Waals surface area contributed by atoms with E-state index in [1.807, 2.05) is 24.3 Å². The number of para-hydroxylation sites is 1.